The van der Waals surface area contributed by atoms with Crippen molar-refractivity contribution in [2.45, 2.75) is 19.0 Å². The SMILES string of the molecule is Cn1ncc(Cl)c1-c1ccc2c(c1)CN([C@H](CN)Cc1cccc(C#N)c1)C2=O. The Kier molecular flexibility index (Phi) is 5.10. The second-order valence-corrected chi connectivity index (χ2v) is 7.58. The molecule has 0 spiro atoms. The van der Waals surface area contributed by atoms with Crippen molar-refractivity contribution in [3.05, 3.63) is 75.9 Å². The van der Waals surface area contributed by atoms with Crippen molar-refractivity contribution >= 4 is 17.5 Å². The van der Waals surface area contributed by atoms with Crippen LogP contribution in [-0.2, 0) is 20.0 Å². The lowest BCUT2D eigenvalue weighted by molar-refractivity contribution is 0.0708. The van der Waals surface area contributed by atoms with Crippen molar-refractivity contribution in [1.82, 2.24) is 14.7 Å². The van der Waals surface area contributed by atoms with Crippen LogP contribution < -0.4 is 5.73 Å². The first-order valence-corrected chi connectivity index (χ1v) is 9.70. The minimum absolute atomic E-state index is 0.0189. The monoisotopic (exact) mass is 405 g/mol. The number of hydrogen-bond acceptors (Lipinski definition) is 4. The van der Waals surface area contributed by atoms with Crippen LogP contribution in [0.4, 0.5) is 0 Å². The molecule has 2 aromatic carbocycles. The van der Waals surface area contributed by atoms with E-state index >= 15 is 0 Å². The molecule has 146 valence electrons. The molecule has 1 atom stereocenters. The number of rotatable bonds is 5. The van der Waals surface area contributed by atoms with E-state index in [1.807, 2.05) is 48.3 Å². The van der Waals surface area contributed by atoms with Crippen molar-refractivity contribution in [3.63, 3.8) is 0 Å². The van der Waals surface area contributed by atoms with Gasteiger partial charge in [-0.2, -0.15) is 10.4 Å². The van der Waals surface area contributed by atoms with Crippen LogP contribution in [0.25, 0.3) is 11.3 Å². The number of nitrogens with two attached hydrogens (primary N) is 1. The Bertz CT molecular complexity index is 1110. The predicted octanol–water partition coefficient (Wildman–Crippen LogP) is 3.14. The summed E-state index contributed by atoms with van der Waals surface area (Å²) in [5.74, 6) is -0.0189. The Labute approximate surface area is 174 Å². The molecular weight excluding hydrogens is 386 g/mol. The van der Waals surface area contributed by atoms with Gasteiger partial charge in [0.2, 0.25) is 0 Å². The maximum Gasteiger partial charge on any atom is 0.254 e. The molecule has 0 bridgehead atoms. The molecule has 0 fully saturated rings. The topological polar surface area (TPSA) is 87.9 Å². The van der Waals surface area contributed by atoms with Crippen LogP contribution in [0.5, 0.6) is 0 Å². The molecule has 1 amide bonds. The molecule has 2 heterocycles. The molecule has 0 aliphatic carbocycles. The summed E-state index contributed by atoms with van der Waals surface area (Å²) in [7, 11) is 1.84. The molecule has 0 saturated heterocycles. The second-order valence-electron chi connectivity index (χ2n) is 7.18. The summed E-state index contributed by atoms with van der Waals surface area (Å²) in [6.45, 7) is 0.841. The first-order valence-electron chi connectivity index (χ1n) is 9.32. The van der Waals surface area contributed by atoms with Gasteiger partial charge in [-0.3, -0.25) is 9.48 Å². The normalized spacial score (nSPS) is 14.0. The van der Waals surface area contributed by atoms with Crippen molar-refractivity contribution in [1.29, 1.82) is 5.26 Å². The fourth-order valence-electron chi connectivity index (χ4n) is 3.88. The minimum Gasteiger partial charge on any atom is -0.330 e. The average Bonchev–Trinajstić information content (AvgIpc) is 3.24. The maximum atomic E-state index is 13.0. The first-order chi connectivity index (χ1) is 14.0. The molecule has 0 saturated carbocycles. The lowest BCUT2D eigenvalue weighted by atomic mass is 10.0. The summed E-state index contributed by atoms with van der Waals surface area (Å²) in [4.78, 5) is 14.8. The zero-order valence-electron chi connectivity index (χ0n) is 16.0. The quantitative estimate of drug-likeness (QED) is 0.706. The maximum absolute atomic E-state index is 13.0. The third-order valence-corrected chi connectivity index (χ3v) is 5.62. The highest BCUT2D eigenvalue weighted by Gasteiger charge is 2.32. The molecule has 1 aromatic heterocycles. The Morgan fingerprint density at radius 2 is 2.14 bits per heavy atom. The van der Waals surface area contributed by atoms with Crippen molar-refractivity contribution in [3.8, 4) is 17.3 Å². The van der Waals surface area contributed by atoms with Crippen molar-refractivity contribution in [2.75, 3.05) is 6.54 Å². The van der Waals surface area contributed by atoms with Crippen LogP contribution in [0.3, 0.4) is 0 Å². The van der Waals surface area contributed by atoms with Crippen LogP contribution in [-0.4, -0.2) is 33.2 Å². The Morgan fingerprint density at radius 1 is 1.31 bits per heavy atom. The van der Waals surface area contributed by atoms with Gasteiger partial charge >= 0.3 is 0 Å². The summed E-state index contributed by atoms with van der Waals surface area (Å²) >= 11 is 6.28. The summed E-state index contributed by atoms with van der Waals surface area (Å²) in [5, 5.41) is 13.9. The first kappa shape index (κ1) is 19.2. The van der Waals surface area contributed by atoms with E-state index in [1.165, 1.54) is 0 Å². The number of benzene rings is 2. The van der Waals surface area contributed by atoms with E-state index < -0.39 is 0 Å². The summed E-state index contributed by atoms with van der Waals surface area (Å²) in [6, 6.07) is 15.2. The summed E-state index contributed by atoms with van der Waals surface area (Å²) < 4.78 is 1.73. The number of aryl methyl sites for hydroxylation is 1. The van der Waals surface area contributed by atoms with Gasteiger partial charge in [-0.05, 0) is 41.8 Å². The van der Waals surface area contributed by atoms with Gasteiger partial charge in [0.15, 0.2) is 0 Å². The second kappa shape index (κ2) is 7.70. The number of hydrogen-bond donors (Lipinski definition) is 1. The fourth-order valence-corrected chi connectivity index (χ4v) is 4.16. The number of halogens is 1. The number of amides is 1. The lowest BCUT2D eigenvalue weighted by Gasteiger charge is -2.26. The zero-order valence-corrected chi connectivity index (χ0v) is 16.7. The van der Waals surface area contributed by atoms with E-state index in [0.29, 0.717) is 35.7 Å². The van der Waals surface area contributed by atoms with Crippen LogP contribution in [0, 0.1) is 11.3 Å². The highest BCUT2D eigenvalue weighted by atomic mass is 35.5. The van der Waals surface area contributed by atoms with Gasteiger partial charge in [-0.1, -0.05) is 29.8 Å². The van der Waals surface area contributed by atoms with E-state index in [0.717, 1.165) is 22.4 Å². The van der Waals surface area contributed by atoms with E-state index in [9.17, 15) is 4.79 Å². The lowest BCUT2D eigenvalue weighted by Crippen LogP contribution is -2.42. The number of nitrogens with zero attached hydrogens (tertiary/aromatic N) is 4. The van der Waals surface area contributed by atoms with Gasteiger partial charge in [0, 0.05) is 37.3 Å². The van der Waals surface area contributed by atoms with Crippen LogP contribution in [0.15, 0.2) is 48.7 Å². The summed E-state index contributed by atoms with van der Waals surface area (Å²) in [6.07, 6.45) is 2.22. The highest BCUT2D eigenvalue weighted by molar-refractivity contribution is 6.33. The molecule has 0 unspecified atom stereocenters. The average molecular weight is 406 g/mol. The molecule has 1 aliphatic rings. The Morgan fingerprint density at radius 3 is 2.83 bits per heavy atom. The van der Waals surface area contributed by atoms with Gasteiger partial charge in [0.25, 0.3) is 5.91 Å². The van der Waals surface area contributed by atoms with Crippen LogP contribution in [0.2, 0.25) is 5.02 Å². The molecule has 7 heteroatoms. The van der Waals surface area contributed by atoms with Gasteiger partial charge in [0.1, 0.15) is 0 Å². The smallest absolute Gasteiger partial charge is 0.254 e. The van der Waals surface area contributed by atoms with Crippen LogP contribution in [0.1, 0.15) is 27.0 Å². The van der Waals surface area contributed by atoms with Crippen LogP contribution >= 0.6 is 11.6 Å². The molecule has 6 nitrogen and oxygen atoms in total. The van der Waals surface area contributed by atoms with Gasteiger partial charge in [0.05, 0.1) is 28.5 Å². The third-order valence-electron chi connectivity index (χ3n) is 5.35. The standard InChI is InChI=1S/C22H20ClN5O/c1-27-21(20(23)12-26-27)16-5-6-19-17(9-16)13-28(22(19)29)18(11-25)8-14-3-2-4-15(7-14)10-24/h2-7,9,12,18H,8,11,13,25H2,1H3/t18-/m0/s1. The number of nitriles is 1. The summed E-state index contributed by atoms with van der Waals surface area (Å²) in [5.41, 5.74) is 11.0. The van der Waals surface area contributed by atoms with E-state index in [-0.39, 0.29) is 11.9 Å². The number of fused-ring (bicyclic) bond motifs is 1. The number of carbonyl (C=O) groups excluding carboxylic acids is 1. The third kappa shape index (κ3) is 3.51. The molecule has 0 radical (unpaired) electrons. The largest absolute Gasteiger partial charge is 0.330 e. The fraction of sp³-hybridized carbons (Fsp3) is 0.227. The Hall–Kier alpha value is -3.14. The highest BCUT2D eigenvalue weighted by Crippen LogP contribution is 2.32. The molecule has 4 rings (SSSR count). The molecule has 1 aliphatic heterocycles. The molecule has 29 heavy (non-hydrogen) atoms. The Balaban J connectivity index is 1.60. The van der Waals surface area contributed by atoms with E-state index in [2.05, 4.69) is 11.2 Å². The zero-order chi connectivity index (χ0) is 20.5. The molecule has 3 aromatic rings. The van der Waals surface area contributed by atoms with E-state index in [4.69, 9.17) is 22.6 Å². The molecular formula is C22H20ClN5O. The van der Waals surface area contributed by atoms with Crippen molar-refractivity contribution < 1.29 is 4.79 Å². The van der Waals surface area contributed by atoms with E-state index in [1.54, 1.807) is 16.9 Å². The van der Waals surface area contributed by atoms with Gasteiger partial charge in [-0.25, -0.2) is 0 Å². The van der Waals surface area contributed by atoms with Crippen molar-refractivity contribution in [2.24, 2.45) is 12.8 Å². The van der Waals surface area contributed by atoms with Gasteiger partial charge in [-0.15, -0.1) is 0 Å². The number of aromatic nitrogens is 2. The minimum atomic E-state index is -0.146. The molecule has 2 N–H and O–H groups in total. The van der Waals surface area contributed by atoms with Gasteiger partial charge < -0.3 is 10.6 Å². The number of carbonyl (C=O) groups is 1. The predicted molar refractivity (Wildman–Crippen MR) is 111 cm³/mol.